The normalized spacial score (nSPS) is 13.8. The molecule has 0 aromatic heterocycles. The molecular weight excluding hydrogens is 374 g/mol. The number of guanidine groups is 1. The van der Waals surface area contributed by atoms with Crippen LogP contribution in [0, 0.1) is 0 Å². The van der Waals surface area contributed by atoms with E-state index in [1.165, 1.54) is 9.87 Å². The summed E-state index contributed by atoms with van der Waals surface area (Å²) in [4.78, 5) is 6.57. The van der Waals surface area contributed by atoms with Crippen molar-refractivity contribution < 1.29 is 8.42 Å². The van der Waals surface area contributed by atoms with Crippen molar-refractivity contribution in [1.82, 2.24) is 19.8 Å². The van der Waals surface area contributed by atoms with Gasteiger partial charge in [-0.25, -0.2) is 12.7 Å². The van der Waals surface area contributed by atoms with Crippen LogP contribution in [0.5, 0.6) is 0 Å². The zero-order valence-corrected chi connectivity index (χ0v) is 18.8. The van der Waals surface area contributed by atoms with Gasteiger partial charge in [0.15, 0.2) is 5.96 Å². The van der Waals surface area contributed by atoms with E-state index in [1.807, 2.05) is 6.07 Å². The van der Waals surface area contributed by atoms with E-state index in [-0.39, 0.29) is 5.75 Å². The second-order valence-corrected chi connectivity index (χ2v) is 9.40. The number of hydrogen-bond acceptors (Lipinski definition) is 4. The fourth-order valence-electron chi connectivity index (χ4n) is 2.74. The average Bonchev–Trinajstić information content (AvgIpc) is 2.69. The molecule has 0 aliphatic rings. The minimum Gasteiger partial charge on any atom is -0.356 e. The minimum absolute atomic E-state index is 0.136. The highest BCUT2D eigenvalue weighted by atomic mass is 32.2. The van der Waals surface area contributed by atoms with E-state index in [4.69, 9.17) is 0 Å². The summed E-state index contributed by atoms with van der Waals surface area (Å²) in [6, 6.07) is 10.9. The molecular formula is C20H37N5O2S. The summed E-state index contributed by atoms with van der Waals surface area (Å²) in [6.07, 6.45) is 1.73. The molecule has 7 nitrogen and oxygen atoms in total. The lowest BCUT2D eigenvalue weighted by Crippen LogP contribution is -2.41. The highest BCUT2D eigenvalue weighted by Crippen LogP contribution is 2.07. The van der Waals surface area contributed by atoms with E-state index in [0.29, 0.717) is 19.1 Å². The van der Waals surface area contributed by atoms with Gasteiger partial charge in [0, 0.05) is 46.3 Å². The van der Waals surface area contributed by atoms with Crippen molar-refractivity contribution in [2.45, 2.75) is 39.3 Å². The molecule has 0 fully saturated rings. The van der Waals surface area contributed by atoms with Gasteiger partial charge in [-0.05, 0) is 39.3 Å². The summed E-state index contributed by atoms with van der Waals surface area (Å²) in [5, 5.41) is 6.57. The van der Waals surface area contributed by atoms with Crippen molar-refractivity contribution in [2.24, 2.45) is 4.99 Å². The highest BCUT2D eigenvalue weighted by molar-refractivity contribution is 7.89. The molecule has 0 radical (unpaired) electrons. The van der Waals surface area contributed by atoms with Gasteiger partial charge in [0.1, 0.15) is 0 Å². The predicted molar refractivity (Wildman–Crippen MR) is 118 cm³/mol. The molecule has 1 aromatic carbocycles. The first-order chi connectivity index (χ1) is 13.3. The first-order valence-electron chi connectivity index (χ1n) is 9.92. The molecule has 160 valence electrons. The number of nitrogens with one attached hydrogen (secondary N) is 2. The van der Waals surface area contributed by atoms with E-state index in [2.05, 4.69) is 58.8 Å². The Balaban J connectivity index is 2.25. The zero-order valence-electron chi connectivity index (χ0n) is 18.0. The summed E-state index contributed by atoms with van der Waals surface area (Å²) in [5.41, 5.74) is 1.32. The van der Waals surface area contributed by atoms with Gasteiger partial charge >= 0.3 is 0 Å². The van der Waals surface area contributed by atoms with Crippen molar-refractivity contribution >= 4 is 16.0 Å². The molecule has 0 aliphatic carbocycles. The van der Waals surface area contributed by atoms with Crippen molar-refractivity contribution in [3.8, 4) is 0 Å². The van der Waals surface area contributed by atoms with Crippen LogP contribution in [0.2, 0.25) is 0 Å². The second kappa shape index (κ2) is 12.7. The molecule has 0 bridgehead atoms. The van der Waals surface area contributed by atoms with Crippen molar-refractivity contribution in [3.05, 3.63) is 35.9 Å². The van der Waals surface area contributed by atoms with E-state index in [1.54, 1.807) is 21.0 Å². The lowest BCUT2D eigenvalue weighted by molar-refractivity contribution is 0.238. The smallest absolute Gasteiger partial charge is 0.213 e. The van der Waals surface area contributed by atoms with Crippen LogP contribution in [-0.2, 0) is 16.6 Å². The number of nitrogens with zero attached hydrogens (tertiary/aromatic N) is 3. The molecule has 0 saturated heterocycles. The quantitative estimate of drug-likeness (QED) is 0.311. The van der Waals surface area contributed by atoms with Crippen LogP contribution >= 0.6 is 0 Å². The lowest BCUT2D eigenvalue weighted by Gasteiger charge is -2.25. The molecule has 1 unspecified atom stereocenters. The first kappa shape index (κ1) is 24.4. The summed E-state index contributed by atoms with van der Waals surface area (Å²) < 4.78 is 24.9. The Morgan fingerprint density at radius 1 is 1.14 bits per heavy atom. The third-order valence-electron chi connectivity index (χ3n) is 4.89. The Hall–Kier alpha value is -1.64. The molecule has 0 aliphatic heterocycles. The molecule has 8 heteroatoms. The highest BCUT2D eigenvalue weighted by Gasteiger charge is 2.14. The summed E-state index contributed by atoms with van der Waals surface area (Å²) in [7, 11) is 2.41. The SMILES string of the molecule is CCS(=O)(=O)N(C)CCCNC(=NC)NCCC(C)N(C)Cc1ccccc1. The van der Waals surface area contributed by atoms with E-state index in [0.717, 1.165) is 31.9 Å². The topological polar surface area (TPSA) is 77.0 Å². The van der Waals surface area contributed by atoms with Gasteiger partial charge in [-0.2, -0.15) is 0 Å². The Morgan fingerprint density at radius 3 is 2.39 bits per heavy atom. The maximum absolute atomic E-state index is 11.7. The van der Waals surface area contributed by atoms with Gasteiger partial charge in [0.05, 0.1) is 5.75 Å². The van der Waals surface area contributed by atoms with Gasteiger partial charge in [0.2, 0.25) is 10.0 Å². The number of sulfonamides is 1. The molecule has 1 atom stereocenters. The second-order valence-electron chi connectivity index (χ2n) is 7.04. The molecule has 0 spiro atoms. The van der Waals surface area contributed by atoms with Crippen LogP contribution < -0.4 is 10.6 Å². The van der Waals surface area contributed by atoms with Crippen LogP contribution in [0.3, 0.4) is 0 Å². The molecule has 0 saturated carbocycles. The molecule has 1 aromatic rings. The Morgan fingerprint density at radius 2 is 1.79 bits per heavy atom. The first-order valence-corrected chi connectivity index (χ1v) is 11.5. The largest absolute Gasteiger partial charge is 0.356 e. The molecule has 2 N–H and O–H groups in total. The fraction of sp³-hybridized carbons (Fsp3) is 0.650. The van der Waals surface area contributed by atoms with Gasteiger partial charge in [-0.3, -0.25) is 9.89 Å². The van der Waals surface area contributed by atoms with Crippen molar-refractivity contribution in [3.63, 3.8) is 0 Å². The van der Waals surface area contributed by atoms with Gasteiger partial charge < -0.3 is 10.6 Å². The summed E-state index contributed by atoms with van der Waals surface area (Å²) in [5.74, 6) is 0.885. The zero-order chi connectivity index (χ0) is 21.0. The average molecular weight is 412 g/mol. The molecule has 1 rings (SSSR count). The summed E-state index contributed by atoms with van der Waals surface area (Å²) in [6.45, 7) is 6.82. The van der Waals surface area contributed by atoms with Gasteiger partial charge in [-0.1, -0.05) is 30.3 Å². The maximum Gasteiger partial charge on any atom is 0.213 e. The maximum atomic E-state index is 11.7. The van der Waals surface area contributed by atoms with Crippen LogP contribution in [0.25, 0.3) is 0 Å². The third-order valence-corrected chi connectivity index (χ3v) is 6.75. The Kier molecular flexibility index (Phi) is 11.1. The van der Waals surface area contributed by atoms with E-state index < -0.39 is 10.0 Å². The van der Waals surface area contributed by atoms with Crippen LogP contribution in [0.1, 0.15) is 32.3 Å². The van der Waals surface area contributed by atoms with Gasteiger partial charge in [-0.15, -0.1) is 0 Å². The van der Waals surface area contributed by atoms with Crippen LogP contribution in [-0.4, -0.2) is 76.2 Å². The van der Waals surface area contributed by atoms with Crippen molar-refractivity contribution in [1.29, 1.82) is 0 Å². The number of aliphatic imine (C=N–C) groups is 1. The Bertz CT molecular complexity index is 679. The van der Waals surface area contributed by atoms with E-state index in [9.17, 15) is 8.42 Å². The number of rotatable bonds is 12. The summed E-state index contributed by atoms with van der Waals surface area (Å²) >= 11 is 0. The number of benzene rings is 1. The number of hydrogen-bond donors (Lipinski definition) is 2. The predicted octanol–water partition coefficient (Wildman–Crippen LogP) is 1.73. The van der Waals surface area contributed by atoms with Gasteiger partial charge in [0.25, 0.3) is 0 Å². The lowest BCUT2D eigenvalue weighted by atomic mass is 10.1. The van der Waals surface area contributed by atoms with Crippen LogP contribution in [0.4, 0.5) is 0 Å². The minimum atomic E-state index is -3.10. The van der Waals surface area contributed by atoms with Crippen molar-refractivity contribution in [2.75, 3.05) is 46.5 Å². The Labute approximate surface area is 171 Å². The monoisotopic (exact) mass is 411 g/mol. The molecule has 0 amide bonds. The van der Waals surface area contributed by atoms with E-state index >= 15 is 0 Å². The fourth-order valence-corrected chi connectivity index (χ4v) is 3.58. The van der Waals surface area contributed by atoms with Crippen LogP contribution in [0.15, 0.2) is 35.3 Å². The standard InChI is InChI=1S/C20H37N5O2S/c1-6-28(26,27)25(5)16-10-14-22-20(21-3)23-15-13-18(2)24(4)17-19-11-8-7-9-12-19/h7-9,11-12,18H,6,10,13-17H2,1-5H3,(H2,21,22,23). The molecule has 28 heavy (non-hydrogen) atoms. The molecule has 0 heterocycles. The third kappa shape index (κ3) is 9.03.